The van der Waals surface area contributed by atoms with E-state index in [1.165, 1.54) is 18.9 Å². The lowest BCUT2D eigenvalue weighted by Gasteiger charge is -2.16. The summed E-state index contributed by atoms with van der Waals surface area (Å²) in [5.41, 5.74) is 1.95. The number of hydrogen-bond acceptors (Lipinski definition) is 2. The topological polar surface area (TPSA) is 27.1 Å². The van der Waals surface area contributed by atoms with E-state index in [1.807, 2.05) is 12.1 Å². The van der Waals surface area contributed by atoms with E-state index in [2.05, 4.69) is 40.1 Å². The molecule has 3 nitrogen and oxygen atoms in total. The zero-order chi connectivity index (χ0) is 15.9. The van der Waals surface area contributed by atoms with E-state index in [9.17, 15) is 0 Å². The van der Waals surface area contributed by atoms with Crippen molar-refractivity contribution in [3.63, 3.8) is 0 Å². The van der Waals surface area contributed by atoms with E-state index in [0.29, 0.717) is 12.6 Å². The van der Waals surface area contributed by atoms with Gasteiger partial charge in [0, 0.05) is 25.1 Å². The van der Waals surface area contributed by atoms with E-state index < -0.39 is 8.07 Å². The summed E-state index contributed by atoms with van der Waals surface area (Å²) in [4.78, 5) is 4.80. The first-order valence-corrected chi connectivity index (χ1v) is 12.7. The van der Waals surface area contributed by atoms with Crippen molar-refractivity contribution in [1.29, 1.82) is 0 Å². The molecule has 0 saturated heterocycles. The lowest BCUT2D eigenvalue weighted by atomic mass is 10.3. The van der Waals surface area contributed by atoms with Gasteiger partial charge in [-0.1, -0.05) is 47.2 Å². The molecule has 1 aromatic carbocycles. The molecule has 0 atom stereocenters. The predicted octanol–water partition coefficient (Wildman–Crippen LogP) is 5.64. The highest BCUT2D eigenvalue weighted by Crippen LogP contribution is 2.42. The molecule has 1 aliphatic rings. The minimum absolute atomic E-state index is 0.550. The van der Waals surface area contributed by atoms with Crippen molar-refractivity contribution in [2.24, 2.45) is 0 Å². The highest BCUT2D eigenvalue weighted by molar-refractivity contribution is 9.10. The van der Waals surface area contributed by atoms with Crippen LogP contribution in [0.1, 0.15) is 24.6 Å². The molecule has 120 valence electrons. The smallest absolute Gasteiger partial charge is 0.124 e. The molecule has 0 unspecified atom stereocenters. The van der Waals surface area contributed by atoms with Crippen LogP contribution in [-0.2, 0) is 11.5 Å². The zero-order valence-corrected chi connectivity index (χ0v) is 16.7. The van der Waals surface area contributed by atoms with E-state index in [0.717, 1.165) is 33.0 Å². The van der Waals surface area contributed by atoms with Crippen LogP contribution in [0.3, 0.4) is 0 Å². The second-order valence-electron chi connectivity index (χ2n) is 7.28. The summed E-state index contributed by atoms with van der Waals surface area (Å²) in [6.45, 7) is 8.47. The summed E-state index contributed by atoms with van der Waals surface area (Å²) in [5, 5.41) is 0.734. The van der Waals surface area contributed by atoms with Gasteiger partial charge in [-0.3, -0.25) is 0 Å². The summed E-state index contributed by atoms with van der Waals surface area (Å²) in [5.74, 6) is 1.70. The number of hydrogen-bond donors (Lipinski definition) is 0. The van der Waals surface area contributed by atoms with Gasteiger partial charge < -0.3 is 9.30 Å². The molecule has 1 heterocycles. The summed E-state index contributed by atoms with van der Waals surface area (Å²) in [7, 11) is -1.06. The van der Waals surface area contributed by atoms with Gasteiger partial charge in [0.1, 0.15) is 12.6 Å². The van der Waals surface area contributed by atoms with Crippen LogP contribution in [-0.4, -0.2) is 24.2 Å². The lowest BCUT2D eigenvalue weighted by molar-refractivity contribution is 0.0879. The number of rotatable bonds is 6. The van der Waals surface area contributed by atoms with Crippen LogP contribution in [0.2, 0.25) is 30.7 Å². The monoisotopic (exact) mass is 400 g/mol. The van der Waals surface area contributed by atoms with Crippen molar-refractivity contribution < 1.29 is 4.74 Å². The Labute approximate surface area is 146 Å². The Hall–Kier alpha value is -0.363. The molecule has 0 spiro atoms. The Morgan fingerprint density at radius 1 is 1.36 bits per heavy atom. The molecule has 0 bridgehead atoms. The van der Waals surface area contributed by atoms with Gasteiger partial charge in [-0.25, -0.2) is 4.98 Å². The van der Waals surface area contributed by atoms with Gasteiger partial charge in [-0.05, 0) is 31.0 Å². The first-order chi connectivity index (χ1) is 10.3. The quantitative estimate of drug-likeness (QED) is 0.462. The van der Waals surface area contributed by atoms with Crippen molar-refractivity contribution in [2.45, 2.75) is 51.2 Å². The standard InChI is InChI=1S/C16H22BrClN2OSi/c1-22(2,3)7-6-21-10-20-15-13(18)8-12(17)9-14(15)19-16(20)11-4-5-11/h8-9,11H,4-7,10H2,1-3H3. The van der Waals surface area contributed by atoms with Gasteiger partial charge in [-0.2, -0.15) is 0 Å². The molecule has 1 fully saturated rings. The lowest BCUT2D eigenvalue weighted by Crippen LogP contribution is -2.22. The van der Waals surface area contributed by atoms with Crippen LogP contribution in [0.15, 0.2) is 16.6 Å². The first-order valence-electron chi connectivity index (χ1n) is 7.78. The highest BCUT2D eigenvalue weighted by Gasteiger charge is 2.30. The van der Waals surface area contributed by atoms with Crippen molar-refractivity contribution >= 4 is 46.6 Å². The van der Waals surface area contributed by atoms with E-state index in [-0.39, 0.29) is 0 Å². The number of ether oxygens (including phenoxy) is 1. The second kappa shape index (κ2) is 6.27. The Balaban J connectivity index is 1.85. The molecule has 3 rings (SSSR count). The van der Waals surface area contributed by atoms with Crippen molar-refractivity contribution in [2.75, 3.05) is 6.61 Å². The Morgan fingerprint density at radius 2 is 2.09 bits per heavy atom. The van der Waals surface area contributed by atoms with Crippen molar-refractivity contribution in [3.8, 4) is 0 Å². The third-order valence-electron chi connectivity index (χ3n) is 3.95. The average Bonchev–Trinajstić information content (AvgIpc) is 3.16. The molecule has 0 amide bonds. The predicted molar refractivity (Wildman–Crippen MR) is 98.5 cm³/mol. The maximum absolute atomic E-state index is 6.45. The molecule has 0 aliphatic heterocycles. The van der Waals surface area contributed by atoms with E-state index in [1.54, 1.807) is 0 Å². The van der Waals surface area contributed by atoms with Gasteiger partial charge in [-0.15, -0.1) is 0 Å². The molecule has 0 radical (unpaired) electrons. The molecular weight excluding hydrogens is 380 g/mol. The Morgan fingerprint density at radius 3 is 2.73 bits per heavy atom. The minimum atomic E-state index is -1.06. The Kier molecular flexibility index (Phi) is 4.70. The van der Waals surface area contributed by atoms with Crippen LogP contribution in [0, 0.1) is 0 Å². The number of fused-ring (bicyclic) bond motifs is 1. The van der Waals surface area contributed by atoms with Crippen molar-refractivity contribution in [1.82, 2.24) is 9.55 Å². The van der Waals surface area contributed by atoms with Crippen LogP contribution >= 0.6 is 27.5 Å². The summed E-state index contributed by atoms with van der Waals surface area (Å²) in [6.07, 6.45) is 2.44. The number of benzene rings is 1. The van der Waals surface area contributed by atoms with Crippen LogP contribution in [0.25, 0.3) is 11.0 Å². The maximum atomic E-state index is 6.45. The zero-order valence-electron chi connectivity index (χ0n) is 13.3. The summed E-state index contributed by atoms with van der Waals surface area (Å²) >= 11 is 9.95. The molecular formula is C16H22BrClN2OSi. The minimum Gasteiger partial charge on any atom is -0.361 e. The molecule has 1 saturated carbocycles. The van der Waals surface area contributed by atoms with Gasteiger partial charge in [0.05, 0.1) is 16.1 Å². The molecule has 0 N–H and O–H groups in total. The largest absolute Gasteiger partial charge is 0.361 e. The fourth-order valence-electron chi connectivity index (χ4n) is 2.52. The maximum Gasteiger partial charge on any atom is 0.124 e. The molecule has 1 aromatic heterocycles. The van der Waals surface area contributed by atoms with Crippen LogP contribution in [0.4, 0.5) is 0 Å². The van der Waals surface area contributed by atoms with Crippen LogP contribution < -0.4 is 0 Å². The first kappa shape index (κ1) is 16.5. The summed E-state index contributed by atoms with van der Waals surface area (Å²) < 4.78 is 9.10. The molecule has 1 aliphatic carbocycles. The third kappa shape index (κ3) is 3.75. The highest BCUT2D eigenvalue weighted by atomic mass is 79.9. The van der Waals surface area contributed by atoms with Crippen molar-refractivity contribution in [3.05, 3.63) is 27.5 Å². The fraction of sp³-hybridized carbons (Fsp3) is 0.562. The fourth-order valence-corrected chi connectivity index (χ4v) is 4.17. The third-order valence-corrected chi connectivity index (χ3v) is 6.40. The average molecular weight is 402 g/mol. The summed E-state index contributed by atoms with van der Waals surface area (Å²) in [6, 6.07) is 5.14. The molecule has 2 aromatic rings. The molecule has 22 heavy (non-hydrogen) atoms. The number of imidazole rings is 1. The number of halogens is 2. The van der Waals surface area contributed by atoms with Gasteiger partial charge in [0.15, 0.2) is 0 Å². The second-order valence-corrected chi connectivity index (χ2v) is 14.2. The SMILES string of the molecule is C[Si](C)(C)CCOCn1c(C2CC2)nc2cc(Br)cc(Cl)c21. The molecule has 6 heteroatoms. The number of nitrogens with zero attached hydrogens (tertiary/aromatic N) is 2. The van der Waals surface area contributed by atoms with Gasteiger partial charge in [0.2, 0.25) is 0 Å². The van der Waals surface area contributed by atoms with Crippen LogP contribution in [0.5, 0.6) is 0 Å². The van der Waals surface area contributed by atoms with E-state index >= 15 is 0 Å². The Bertz CT molecular complexity index is 691. The normalized spacial score (nSPS) is 15.7. The van der Waals surface area contributed by atoms with Gasteiger partial charge in [0.25, 0.3) is 0 Å². The number of aromatic nitrogens is 2. The van der Waals surface area contributed by atoms with Gasteiger partial charge >= 0.3 is 0 Å². The van der Waals surface area contributed by atoms with E-state index in [4.69, 9.17) is 21.3 Å².